The summed E-state index contributed by atoms with van der Waals surface area (Å²) in [6.45, 7) is 5.56. The fourth-order valence-corrected chi connectivity index (χ4v) is 8.97. The van der Waals surface area contributed by atoms with Gasteiger partial charge >= 0.3 is 0 Å². The van der Waals surface area contributed by atoms with Gasteiger partial charge < -0.3 is 10.1 Å². The average molecular weight is 636 g/mol. The monoisotopic (exact) mass is 634 g/mol. The zero-order valence-electron chi connectivity index (χ0n) is 22.8. The molecule has 2 aliphatic heterocycles. The van der Waals surface area contributed by atoms with Gasteiger partial charge in [-0.2, -0.15) is 0 Å². The lowest BCUT2D eigenvalue weighted by atomic mass is 9.93. The van der Waals surface area contributed by atoms with E-state index in [4.69, 9.17) is 4.74 Å². The Balaban J connectivity index is 1.28. The molecule has 2 aromatic carbocycles. The number of alkyl halides is 1. The molecule has 5 atom stereocenters. The number of hydrogen-bond acceptors (Lipinski definition) is 5. The van der Waals surface area contributed by atoms with E-state index in [2.05, 4.69) is 35.1 Å². The van der Waals surface area contributed by atoms with Crippen LogP contribution < -0.4 is 9.62 Å². The number of fused-ring (bicyclic) bond motifs is 1. The molecule has 6 nitrogen and oxygen atoms in total. The number of halogens is 1. The summed E-state index contributed by atoms with van der Waals surface area (Å²) in [5, 5.41) is 3.89. The van der Waals surface area contributed by atoms with Crippen LogP contribution in [0.15, 0.2) is 52.3 Å². The Morgan fingerprint density at radius 3 is 2.72 bits per heavy atom. The molecule has 3 aliphatic rings. The van der Waals surface area contributed by atoms with Crippen LogP contribution in [0.4, 0.5) is 11.4 Å². The van der Waals surface area contributed by atoms with E-state index in [9.17, 15) is 13.2 Å². The van der Waals surface area contributed by atoms with Gasteiger partial charge in [-0.15, -0.1) is 11.8 Å². The minimum absolute atomic E-state index is 0.0644. The smallest absolute Gasteiger partial charge is 0.264 e. The van der Waals surface area contributed by atoms with E-state index in [1.165, 1.54) is 23.7 Å². The molecule has 0 bridgehead atoms. The Labute approximate surface area is 245 Å². The van der Waals surface area contributed by atoms with Gasteiger partial charge in [0.2, 0.25) is 5.91 Å². The summed E-state index contributed by atoms with van der Waals surface area (Å²) in [5.74, 6) is 2.51. The highest BCUT2D eigenvalue weighted by Crippen LogP contribution is 2.49. The van der Waals surface area contributed by atoms with Gasteiger partial charge in [0.05, 0.1) is 28.1 Å². The zero-order valence-corrected chi connectivity index (χ0v) is 26.0. The van der Waals surface area contributed by atoms with Gasteiger partial charge in [0.25, 0.3) is 10.0 Å². The molecule has 0 aromatic heterocycles. The fraction of sp³-hybridized carbons (Fsp3) is 0.567. The maximum absolute atomic E-state index is 14.1. The van der Waals surface area contributed by atoms with Crippen molar-refractivity contribution in [1.82, 2.24) is 0 Å². The molecule has 1 saturated carbocycles. The molecule has 0 spiro atoms. The maximum Gasteiger partial charge on any atom is 0.264 e. The number of carbonyl (C=O) groups excluding carboxylic acids is 1. The number of benzene rings is 2. The van der Waals surface area contributed by atoms with E-state index in [1.807, 2.05) is 24.3 Å². The summed E-state index contributed by atoms with van der Waals surface area (Å²) in [6, 6.07) is 12.9. The van der Waals surface area contributed by atoms with E-state index in [1.54, 1.807) is 22.5 Å². The number of thioether (sulfide) groups is 1. The van der Waals surface area contributed by atoms with E-state index in [-0.39, 0.29) is 16.7 Å². The first-order valence-electron chi connectivity index (χ1n) is 14.1. The van der Waals surface area contributed by atoms with Crippen molar-refractivity contribution in [2.45, 2.75) is 68.3 Å². The maximum atomic E-state index is 14.1. The number of sulfonamides is 1. The van der Waals surface area contributed by atoms with Crippen molar-refractivity contribution >= 4 is 55.0 Å². The molecule has 1 N–H and O–H groups in total. The van der Waals surface area contributed by atoms with Crippen molar-refractivity contribution in [3.63, 3.8) is 0 Å². The van der Waals surface area contributed by atoms with E-state index >= 15 is 0 Å². The third-order valence-corrected chi connectivity index (χ3v) is 12.2. The van der Waals surface area contributed by atoms with Crippen LogP contribution in [-0.2, 0) is 26.0 Å². The largest absolute Gasteiger partial charge is 0.378 e. The second kappa shape index (κ2) is 12.5. The number of aryl methyl sites for hydroxylation is 1. The summed E-state index contributed by atoms with van der Waals surface area (Å²) >= 11 is 5.03. The van der Waals surface area contributed by atoms with Crippen molar-refractivity contribution in [2.75, 3.05) is 33.9 Å². The summed E-state index contributed by atoms with van der Waals surface area (Å²) < 4.78 is 35.8. The van der Waals surface area contributed by atoms with Crippen LogP contribution in [0, 0.1) is 23.7 Å². The first kappa shape index (κ1) is 29.0. The van der Waals surface area contributed by atoms with Crippen molar-refractivity contribution in [3.8, 4) is 0 Å². The van der Waals surface area contributed by atoms with Crippen molar-refractivity contribution in [2.24, 2.45) is 23.7 Å². The fourth-order valence-electron chi connectivity index (χ4n) is 5.85. The molecule has 2 aromatic rings. The zero-order chi connectivity index (χ0) is 27.6. The predicted molar refractivity (Wildman–Crippen MR) is 162 cm³/mol. The lowest BCUT2D eigenvalue weighted by Crippen LogP contribution is -2.35. The first-order chi connectivity index (χ1) is 18.8. The number of amides is 1. The summed E-state index contributed by atoms with van der Waals surface area (Å²) in [4.78, 5) is 12.8. The van der Waals surface area contributed by atoms with E-state index in [0.717, 1.165) is 54.9 Å². The number of ether oxygens (including phenoxy) is 1. The highest BCUT2D eigenvalue weighted by Gasteiger charge is 2.44. The lowest BCUT2D eigenvalue weighted by Gasteiger charge is -2.29. The Kier molecular flexibility index (Phi) is 9.31. The topological polar surface area (TPSA) is 75.7 Å². The lowest BCUT2D eigenvalue weighted by molar-refractivity contribution is -0.113. The van der Waals surface area contributed by atoms with Crippen molar-refractivity contribution in [3.05, 3.63) is 48.0 Å². The van der Waals surface area contributed by atoms with Crippen LogP contribution in [0.1, 0.15) is 51.5 Å². The molecule has 2 fully saturated rings. The second-order valence-electron chi connectivity index (χ2n) is 11.3. The number of hydrogen-bond donors (Lipinski definition) is 1. The van der Waals surface area contributed by atoms with Gasteiger partial charge in [0.1, 0.15) is 0 Å². The Morgan fingerprint density at radius 1 is 1.18 bits per heavy atom. The van der Waals surface area contributed by atoms with Gasteiger partial charge in [-0.1, -0.05) is 41.9 Å². The first-order valence-corrected chi connectivity index (χ1v) is 17.7. The second-order valence-corrected chi connectivity index (χ2v) is 14.9. The van der Waals surface area contributed by atoms with Gasteiger partial charge in [-0.05, 0) is 98.1 Å². The third-order valence-electron chi connectivity index (χ3n) is 8.41. The number of rotatable bonds is 11. The van der Waals surface area contributed by atoms with E-state index in [0.29, 0.717) is 41.6 Å². The minimum atomic E-state index is -3.79. The Bertz CT molecular complexity index is 1270. The minimum Gasteiger partial charge on any atom is -0.378 e. The molecule has 1 aliphatic carbocycles. The van der Waals surface area contributed by atoms with Crippen LogP contribution in [-0.4, -0.2) is 44.7 Å². The number of anilines is 2. The Hall–Kier alpha value is -1.55. The number of nitrogens with one attached hydrogen (secondary N) is 1. The molecular formula is C30H39BrN2O4S2. The van der Waals surface area contributed by atoms with Crippen molar-refractivity contribution < 1.29 is 17.9 Å². The quantitative estimate of drug-likeness (QED) is 0.277. The average Bonchev–Trinajstić information content (AvgIpc) is 3.74. The molecule has 212 valence electrons. The third kappa shape index (κ3) is 6.85. The highest BCUT2D eigenvalue weighted by atomic mass is 79.9. The number of carbonyl (C=O) groups is 1. The SMILES string of the molecule is CCc1ccc(N(CC(C)CCC2C[C@@H]2C2CC(CBr)CCO2)S(=O)(=O)c2ccc3c(c2)SCC(=O)N3)cc1. The standard InChI is InChI=1S/C30H39BrN2O4S2/c1-3-21-5-8-24(9-6-21)33(39(35,36)25-10-11-27-29(16-25)38-19-30(34)32-27)18-20(2)4-7-23-15-26(23)28-14-22(17-31)12-13-37-28/h5-6,8-11,16,20,22-23,26,28H,3-4,7,12-15,17-19H2,1-2H3,(H,32,34)/t20?,22?,23?,26-,28?/m0/s1. The molecule has 9 heteroatoms. The van der Waals surface area contributed by atoms with Gasteiger partial charge in [0, 0.05) is 23.4 Å². The van der Waals surface area contributed by atoms with Crippen LogP contribution in [0.5, 0.6) is 0 Å². The van der Waals surface area contributed by atoms with E-state index < -0.39 is 10.0 Å². The summed E-state index contributed by atoms with van der Waals surface area (Å²) in [6.07, 6.45) is 6.93. The van der Waals surface area contributed by atoms with Crippen LogP contribution in [0.3, 0.4) is 0 Å². The highest BCUT2D eigenvalue weighted by molar-refractivity contribution is 9.09. The normalized spacial score (nSPS) is 25.5. The molecular weight excluding hydrogens is 596 g/mol. The molecule has 39 heavy (non-hydrogen) atoms. The van der Waals surface area contributed by atoms with Crippen LogP contribution in [0.25, 0.3) is 0 Å². The van der Waals surface area contributed by atoms with Gasteiger partial charge in [0.15, 0.2) is 0 Å². The molecule has 2 heterocycles. The number of nitrogens with zero attached hydrogens (tertiary/aromatic N) is 1. The Morgan fingerprint density at radius 2 is 1.97 bits per heavy atom. The molecule has 1 amide bonds. The van der Waals surface area contributed by atoms with Gasteiger partial charge in [-0.3, -0.25) is 9.10 Å². The van der Waals surface area contributed by atoms with Crippen LogP contribution in [0.2, 0.25) is 0 Å². The van der Waals surface area contributed by atoms with Crippen molar-refractivity contribution in [1.29, 1.82) is 0 Å². The molecule has 5 rings (SSSR count). The molecule has 0 radical (unpaired) electrons. The van der Waals surface area contributed by atoms with Crippen LogP contribution >= 0.6 is 27.7 Å². The summed E-state index contributed by atoms with van der Waals surface area (Å²) in [7, 11) is -3.79. The molecule has 1 saturated heterocycles. The molecule has 4 unspecified atom stereocenters. The predicted octanol–water partition coefficient (Wildman–Crippen LogP) is 6.73. The van der Waals surface area contributed by atoms with Gasteiger partial charge in [-0.25, -0.2) is 8.42 Å². The summed E-state index contributed by atoms with van der Waals surface area (Å²) in [5.41, 5.74) is 2.54.